The summed E-state index contributed by atoms with van der Waals surface area (Å²) in [6.45, 7) is 0. The lowest BCUT2D eigenvalue weighted by atomic mass is 9.93. The largest absolute Gasteiger partial charge is 0.265 e. The monoisotopic (exact) mass is 1400 g/mol. The number of hydrogen-bond donors (Lipinski definition) is 0. The first-order chi connectivity index (χ1) is 54.5. The highest BCUT2D eigenvalue weighted by atomic mass is 14.8. The molecule has 0 radical (unpaired) electrons. The third-order valence-corrected chi connectivity index (χ3v) is 21.3. The Morgan fingerprint density at radius 3 is 0.991 bits per heavy atom. The zero-order chi connectivity index (χ0) is 72.6. The SMILES string of the molecule is c1cc(-c2cc(-c3ccncc3)nc(-c3ccncc3)c2)cc(-c2ccc3ccc4ccc(-c5ccc6c(c5)-c5cccc7cccc-6c57)nc4c3n2)c1.c1ccc(-c2cc(-c3cccc(-c4ccc5ccc6ccc(-c7ccc8c9ccccc9c9ccccc9c8c7)nc6c5n4)c3)cc(-c3ccccn3)n2)nc1. The van der Waals surface area contributed by atoms with E-state index < -0.39 is 0 Å². The molecule has 0 saturated carbocycles. The van der Waals surface area contributed by atoms with Gasteiger partial charge in [-0.1, -0.05) is 206 Å². The van der Waals surface area contributed by atoms with Crippen LogP contribution in [0.3, 0.4) is 0 Å². The molecule has 10 aromatic heterocycles. The lowest BCUT2D eigenvalue weighted by Gasteiger charge is -2.12. The molecule has 0 aliphatic heterocycles. The second-order valence-corrected chi connectivity index (χ2v) is 27.8. The van der Waals surface area contributed by atoms with Gasteiger partial charge < -0.3 is 0 Å². The van der Waals surface area contributed by atoms with E-state index in [1.54, 1.807) is 37.2 Å². The van der Waals surface area contributed by atoms with Crippen LogP contribution >= 0.6 is 0 Å². The second kappa shape index (κ2) is 26.5. The molecule has 0 saturated heterocycles. The topological polar surface area (TPSA) is 129 Å². The molecule has 0 N–H and O–H groups in total. The van der Waals surface area contributed by atoms with Gasteiger partial charge in [0.25, 0.3) is 0 Å². The molecule has 0 spiro atoms. The fraction of sp³-hybridized carbons (Fsp3) is 0. The summed E-state index contributed by atoms with van der Waals surface area (Å²) < 4.78 is 0. The van der Waals surface area contributed by atoms with Crippen molar-refractivity contribution in [1.29, 1.82) is 0 Å². The predicted molar refractivity (Wildman–Crippen MR) is 450 cm³/mol. The van der Waals surface area contributed by atoms with E-state index in [2.05, 4.69) is 287 Å². The molecule has 0 amide bonds. The Labute approximate surface area is 632 Å². The molecular formula is C100H60N10. The van der Waals surface area contributed by atoms with Gasteiger partial charge in [0.05, 0.1) is 79.0 Å². The minimum Gasteiger partial charge on any atom is -0.265 e. The number of nitrogens with zero attached hydrogens (tertiary/aromatic N) is 10. The number of aromatic nitrogens is 10. The number of fused-ring (bicyclic) bond motifs is 15. The smallest absolute Gasteiger partial charge is 0.0972 e. The van der Waals surface area contributed by atoms with Crippen LogP contribution < -0.4 is 0 Å². The second-order valence-electron chi connectivity index (χ2n) is 27.8. The first-order valence-corrected chi connectivity index (χ1v) is 36.8. The molecule has 22 rings (SSSR count). The van der Waals surface area contributed by atoms with Gasteiger partial charge in [0.15, 0.2) is 0 Å². The van der Waals surface area contributed by atoms with Crippen molar-refractivity contribution in [2.45, 2.75) is 0 Å². The van der Waals surface area contributed by atoms with Crippen molar-refractivity contribution in [3.63, 3.8) is 0 Å². The molecule has 0 atom stereocenters. The molecule has 21 aromatic rings. The molecule has 0 fully saturated rings. The fourth-order valence-electron chi connectivity index (χ4n) is 15.9. The van der Waals surface area contributed by atoms with Crippen molar-refractivity contribution in [3.05, 3.63) is 365 Å². The third kappa shape index (κ3) is 11.4. The molecule has 1 aliphatic carbocycles. The average Bonchev–Trinajstić information content (AvgIpc) is 1.46. The minimum atomic E-state index is 0.791. The van der Waals surface area contributed by atoms with Crippen LogP contribution in [0.5, 0.6) is 0 Å². The van der Waals surface area contributed by atoms with Gasteiger partial charge in [-0.25, -0.2) is 29.9 Å². The average molecular weight is 1400 g/mol. The van der Waals surface area contributed by atoms with Crippen LogP contribution in [-0.2, 0) is 0 Å². The molecule has 11 aromatic carbocycles. The van der Waals surface area contributed by atoms with E-state index in [0.29, 0.717) is 0 Å². The van der Waals surface area contributed by atoms with Crippen LogP contribution in [-0.4, -0.2) is 49.8 Å². The van der Waals surface area contributed by atoms with Crippen molar-refractivity contribution in [1.82, 2.24) is 49.8 Å². The molecule has 110 heavy (non-hydrogen) atoms. The molecule has 10 heterocycles. The summed E-state index contributed by atoms with van der Waals surface area (Å²) in [5, 5.41) is 14.3. The number of benzene rings is 11. The van der Waals surface area contributed by atoms with E-state index in [1.807, 2.05) is 60.7 Å². The highest BCUT2D eigenvalue weighted by Crippen LogP contribution is 2.49. The Hall–Kier alpha value is -15.0. The van der Waals surface area contributed by atoms with E-state index in [4.69, 9.17) is 29.9 Å². The number of rotatable bonds is 10. The summed E-state index contributed by atoms with van der Waals surface area (Å²) in [6, 6.07) is 115. The quantitative estimate of drug-likeness (QED) is 0.122. The third-order valence-electron chi connectivity index (χ3n) is 21.3. The van der Waals surface area contributed by atoms with Gasteiger partial charge in [-0.3, -0.25) is 19.9 Å². The van der Waals surface area contributed by atoms with Crippen molar-refractivity contribution < 1.29 is 0 Å². The maximum atomic E-state index is 5.32. The molecule has 1 aliphatic rings. The first-order valence-electron chi connectivity index (χ1n) is 36.8. The molecule has 10 nitrogen and oxygen atoms in total. The van der Waals surface area contributed by atoms with Crippen molar-refractivity contribution in [2.24, 2.45) is 0 Å². The van der Waals surface area contributed by atoms with Gasteiger partial charge in [-0.15, -0.1) is 0 Å². The van der Waals surface area contributed by atoms with Gasteiger partial charge >= 0.3 is 0 Å². The normalized spacial score (nSPS) is 11.6. The summed E-state index contributed by atoms with van der Waals surface area (Å²) in [6.07, 6.45) is 10.8. The summed E-state index contributed by atoms with van der Waals surface area (Å²) in [7, 11) is 0. The molecule has 510 valence electrons. The summed E-state index contributed by atoms with van der Waals surface area (Å²) in [5.74, 6) is 0. The number of hydrogen-bond acceptors (Lipinski definition) is 10. The molecule has 10 heteroatoms. The fourth-order valence-corrected chi connectivity index (χ4v) is 15.9. The Morgan fingerprint density at radius 2 is 0.527 bits per heavy atom. The van der Waals surface area contributed by atoms with E-state index in [0.717, 1.165) is 156 Å². The Kier molecular flexibility index (Phi) is 15.3. The van der Waals surface area contributed by atoms with Crippen molar-refractivity contribution in [2.75, 3.05) is 0 Å². The van der Waals surface area contributed by atoms with Gasteiger partial charge in [-0.05, 0) is 209 Å². The zero-order valence-electron chi connectivity index (χ0n) is 59.1. The minimum absolute atomic E-state index is 0.791. The Balaban J connectivity index is 0.000000140. The highest BCUT2D eigenvalue weighted by Gasteiger charge is 2.23. The van der Waals surface area contributed by atoms with E-state index >= 15 is 0 Å². The van der Waals surface area contributed by atoms with E-state index in [1.165, 1.54) is 65.3 Å². The summed E-state index contributed by atoms with van der Waals surface area (Å²) >= 11 is 0. The van der Waals surface area contributed by atoms with Gasteiger partial charge in [0.1, 0.15) is 0 Å². The van der Waals surface area contributed by atoms with E-state index in [9.17, 15) is 0 Å². The summed E-state index contributed by atoms with van der Waals surface area (Å²) in [5.41, 5.74) is 27.7. The Bertz CT molecular complexity index is 7120. The zero-order valence-corrected chi connectivity index (χ0v) is 59.1. The number of pyridine rings is 10. The van der Waals surface area contributed by atoms with Crippen LogP contribution in [0.15, 0.2) is 365 Å². The molecular weight excluding hydrogens is 1340 g/mol. The lowest BCUT2D eigenvalue weighted by molar-refractivity contribution is 1.22. The van der Waals surface area contributed by atoms with Gasteiger partial charge in [-0.2, -0.15) is 0 Å². The van der Waals surface area contributed by atoms with Crippen LogP contribution in [0.2, 0.25) is 0 Å². The highest BCUT2D eigenvalue weighted by molar-refractivity contribution is 6.26. The maximum Gasteiger partial charge on any atom is 0.0972 e. The molecule has 0 unspecified atom stereocenters. The van der Waals surface area contributed by atoms with Crippen molar-refractivity contribution >= 4 is 86.7 Å². The predicted octanol–water partition coefficient (Wildman–Crippen LogP) is 24.9. The summed E-state index contributed by atoms with van der Waals surface area (Å²) in [4.78, 5) is 48.8. The maximum absolute atomic E-state index is 5.32. The van der Waals surface area contributed by atoms with Crippen LogP contribution in [0.4, 0.5) is 0 Å². The van der Waals surface area contributed by atoms with Crippen LogP contribution in [0, 0.1) is 0 Å². The first kappa shape index (κ1) is 63.5. The van der Waals surface area contributed by atoms with E-state index in [-0.39, 0.29) is 0 Å². The Morgan fingerprint density at radius 1 is 0.155 bits per heavy atom. The van der Waals surface area contributed by atoms with Crippen LogP contribution in [0.25, 0.3) is 222 Å². The van der Waals surface area contributed by atoms with Gasteiger partial charge in [0.2, 0.25) is 0 Å². The van der Waals surface area contributed by atoms with Crippen LogP contribution in [0.1, 0.15) is 0 Å². The van der Waals surface area contributed by atoms with Gasteiger partial charge in [0, 0.05) is 92.1 Å². The lowest BCUT2D eigenvalue weighted by Crippen LogP contribution is -1.94. The standard InChI is InChI=1S/C51H31N5.C49H29N5/c1-2-14-40-38(12-1)39-13-3-4-15-41(39)43-29-36(20-23-42(40)43)45-25-22-33-19-18-32-21-24-44(55-50(32)51(33)56-45)35-11-9-10-34(28-35)37-30-48(46-16-5-7-26-52-46)54-49(31-37)47-17-6-8-27-53-47;1-6-35(38-28-45(30-18-22-50-23-19-30)52-46(29-38)31-20-24-51-25-21-31)26-36(7-1)43-16-13-33-10-11-34-14-17-44(54-49(34)48(33)53-43)37-12-15-39-40-8-2-4-32-5-3-9-41(47(32)40)42(39)27-37/h1-31H;1-29H. The molecule has 0 bridgehead atoms. The van der Waals surface area contributed by atoms with Crippen molar-refractivity contribution in [3.8, 4) is 135 Å².